The molecule has 0 saturated heterocycles. The van der Waals surface area contributed by atoms with Gasteiger partial charge in [-0.3, -0.25) is 0 Å². The molecule has 0 bridgehead atoms. The summed E-state index contributed by atoms with van der Waals surface area (Å²) in [4.78, 5) is 0. The summed E-state index contributed by atoms with van der Waals surface area (Å²) < 4.78 is 2.68. The number of aromatic nitrogens is 1. The van der Waals surface area contributed by atoms with Crippen molar-refractivity contribution >= 4 is 0 Å². The van der Waals surface area contributed by atoms with Gasteiger partial charge in [-0.15, -0.1) is 0 Å². The predicted molar refractivity (Wildman–Crippen MR) is 58.7 cm³/mol. The first-order valence-electron chi connectivity index (χ1n) is 6.12. The molecule has 0 fully saturated rings. The van der Waals surface area contributed by atoms with Gasteiger partial charge in [0.2, 0.25) is 0 Å². The molecular weight excluding hydrogens is 170 g/mol. The molecule has 1 aromatic rings. The summed E-state index contributed by atoms with van der Waals surface area (Å²) in [5.74, 6) is 0. The first-order chi connectivity index (χ1) is 6.90. The van der Waals surface area contributed by atoms with Crippen LogP contribution in [0.25, 0.3) is 0 Å². The third-order valence-electron chi connectivity index (χ3n) is 3.88. The highest BCUT2D eigenvalue weighted by atomic mass is 15.1. The van der Waals surface area contributed by atoms with E-state index in [9.17, 15) is 0 Å². The molecule has 0 aliphatic carbocycles. The van der Waals surface area contributed by atoms with Gasteiger partial charge in [0.1, 0.15) is 0 Å². The Bertz CT molecular complexity index is 348. The summed E-state index contributed by atoms with van der Waals surface area (Å²) in [7, 11) is 0. The van der Waals surface area contributed by atoms with E-state index in [1.54, 1.807) is 17.0 Å². The predicted octanol–water partition coefficient (Wildman–Crippen LogP) is 3.26. The van der Waals surface area contributed by atoms with Crippen molar-refractivity contribution in [3.63, 3.8) is 0 Å². The number of aryl methyl sites for hydroxylation is 2. The molecule has 0 spiro atoms. The standard InChI is InChI=1S/C13H19N/c1-2-4-10-9-12-6-3-5-11-7-8-13(10)14(11)12/h9,11H,2-8H2,1H3/t11-/m1/s1. The van der Waals surface area contributed by atoms with Crippen molar-refractivity contribution in [3.05, 3.63) is 23.0 Å². The van der Waals surface area contributed by atoms with Crippen LogP contribution in [-0.2, 0) is 19.3 Å². The normalized spacial score (nSPS) is 23.9. The molecule has 0 aromatic carbocycles. The first-order valence-corrected chi connectivity index (χ1v) is 6.12. The van der Waals surface area contributed by atoms with Crippen molar-refractivity contribution in [2.75, 3.05) is 0 Å². The summed E-state index contributed by atoms with van der Waals surface area (Å²) in [6, 6.07) is 3.36. The third-order valence-corrected chi connectivity index (χ3v) is 3.88. The van der Waals surface area contributed by atoms with Crippen molar-refractivity contribution in [1.29, 1.82) is 0 Å². The second kappa shape index (κ2) is 3.15. The minimum Gasteiger partial charge on any atom is -0.345 e. The highest BCUT2D eigenvalue weighted by Gasteiger charge is 2.29. The monoisotopic (exact) mass is 189 g/mol. The van der Waals surface area contributed by atoms with E-state index >= 15 is 0 Å². The van der Waals surface area contributed by atoms with Crippen molar-refractivity contribution < 1.29 is 0 Å². The van der Waals surface area contributed by atoms with Crippen LogP contribution in [0.5, 0.6) is 0 Å². The van der Waals surface area contributed by atoms with Crippen molar-refractivity contribution in [3.8, 4) is 0 Å². The zero-order valence-corrected chi connectivity index (χ0v) is 9.05. The Hall–Kier alpha value is -0.720. The third kappa shape index (κ3) is 1.08. The Kier molecular flexibility index (Phi) is 1.93. The fourth-order valence-electron chi connectivity index (χ4n) is 3.32. The van der Waals surface area contributed by atoms with Crippen LogP contribution in [0.2, 0.25) is 0 Å². The molecule has 1 aromatic heterocycles. The largest absolute Gasteiger partial charge is 0.345 e. The minimum absolute atomic E-state index is 0.874. The van der Waals surface area contributed by atoms with Gasteiger partial charge < -0.3 is 4.57 Å². The lowest BCUT2D eigenvalue weighted by molar-refractivity contribution is 0.421. The molecule has 0 saturated carbocycles. The average Bonchev–Trinajstić information content (AvgIpc) is 2.75. The van der Waals surface area contributed by atoms with Gasteiger partial charge in [0.05, 0.1) is 0 Å². The van der Waals surface area contributed by atoms with Crippen LogP contribution >= 0.6 is 0 Å². The van der Waals surface area contributed by atoms with Gasteiger partial charge >= 0.3 is 0 Å². The maximum Gasteiger partial charge on any atom is 0.0339 e. The fourth-order valence-corrected chi connectivity index (χ4v) is 3.32. The number of hydrogen-bond acceptors (Lipinski definition) is 0. The molecule has 0 amide bonds. The molecule has 2 aliphatic heterocycles. The molecule has 3 rings (SSSR count). The second-order valence-electron chi connectivity index (χ2n) is 4.81. The highest BCUT2D eigenvalue weighted by Crippen LogP contribution is 2.39. The summed E-state index contributed by atoms with van der Waals surface area (Å²) >= 11 is 0. The lowest BCUT2D eigenvalue weighted by Gasteiger charge is -2.22. The van der Waals surface area contributed by atoms with Gasteiger partial charge in [-0.2, -0.15) is 0 Å². The quantitative estimate of drug-likeness (QED) is 0.673. The molecule has 76 valence electrons. The number of rotatable bonds is 2. The molecule has 1 nitrogen and oxygen atoms in total. The lowest BCUT2D eigenvalue weighted by atomic mass is 9.99. The summed E-state index contributed by atoms with van der Waals surface area (Å²) in [5.41, 5.74) is 4.98. The van der Waals surface area contributed by atoms with Crippen LogP contribution in [0.3, 0.4) is 0 Å². The molecule has 1 atom stereocenters. The summed E-state index contributed by atoms with van der Waals surface area (Å²) in [6.07, 6.45) is 9.52. The van der Waals surface area contributed by atoms with Crippen LogP contribution in [0.15, 0.2) is 6.07 Å². The van der Waals surface area contributed by atoms with Gasteiger partial charge in [-0.1, -0.05) is 13.3 Å². The van der Waals surface area contributed by atoms with Gasteiger partial charge in [0, 0.05) is 17.4 Å². The van der Waals surface area contributed by atoms with Crippen LogP contribution in [0, 0.1) is 0 Å². The van der Waals surface area contributed by atoms with Crippen LogP contribution in [0.4, 0.5) is 0 Å². The van der Waals surface area contributed by atoms with E-state index in [-0.39, 0.29) is 0 Å². The topological polar surface area (TPSA) is 4.93 Å². The minimum atomic E-state index is 0.874. The average molecular weight is 189 g/mol. The van der Waals surface area contributed by atoms with E-state index in [1.807, 2.05) is 0 Å². The van der Waals surface area contributed by atoms with E-state index in [0.29, 0.717) is 0 Å². The van der Waals surface area contributed by atoms with E-state index in [2.05, 4.69) is 17.6 Å². The maximum absolute atomic E-state index is 2.68. The Balaban J connectivity index is 2.06. The van der Waals surface area contributed by atoms with Crippen molar-refractivity contribution in [2.24, 2.45) is 0 Å². The van der Waals surface area contributed by atoms with Gasteiger partial charge in [-0.25, -0.2) is 0 Å². The molecule has 0 radical (unpaired) electrons. The molecular formula is C13H19N. The SMILES string of the molecule is CCCc1cc2n3c1CC[C@H]3CCC2. The first kappa shape index (κ1) is 8.58. The maximum atomic E-state index is 2.68. The summed E-state index contributed by atoms with van der Waals surface area (Å²) in [5, 5.41) is 0. The Morgan fingerprint density at radius 1 is 1.36 bits per heavy atom. The van der Waals surface area contributed by atoms with Gasteiger partial charge in [0.25, 0.3) is 0 Å². The van der Waals surface area contributed by atoms with Crippen LogP contribution in [0.1, 0.15) is 55.6 Å². The zero-order chi connectivity index (χ0) is 9.54. The highest BCUT2D eigenvalue weighted by molar-refractivity contribution is 5.33. The molecule has 2 aliphatic rings. The Morgan fingerprint density at radius 3 is 3.14 bits per heavy atom. The molecule has 0 unspecified atom stereocenters. The Labute approximate surface area is 86.1 Å². The van der Waals surface area contributed by atoms with Crippen molar-refractivity contribution in [1.82, 2.24) is 4.57 Å². The van der Waals surface area contributed by atoms with Crippen molar-refractivity contribution in [2.45, 2.75) is 57.9 Å². The fraction of sp³-hybridized carbons (Fsp3) is 0.692. The molecule has 1 heteroatoms. The van der Waals surface area contributed by atoms with Gasteiger partial charge in [-0.05, 0) is 50.2 Å². The molecule has 14 heavy (non-hydrogen) atoms. The van der Waals surface area contributed by atoms with Crippen LogP contribution in [-0.4, -0.2) is 4.57 Å². The van der Waals surface area contributed by atoms with E-state index in [0.717, 1.165) is 6.04 Å². The molecule has 3 heterocycles. The van der Waals surface area contributed by atoms with Crippen LogP contribution < -0.4 is 0 Å². The lowest BCUT2D eigenvalue weighted by Crippen LogP contribution is -2.13. The van der Waals surface area contributed by atoms with Gasteiger partial charge in [0.15, 0.2) is 0 Å². The summed E-state index contributed by atoms with van der Waals surface area (Å²) in [6.45, 7) is 2.29. The smallest absolute Gasteiger partial charge is 0.0339 e. The molecule has 0 N–H and O–H groups in total. The van der Waals surface area contributed by atoms with E-state index in [1.165, 1.54) is 44.9 Å². The number of hydrogen-bond donors (Lipinski definition) is 0. The number of nitrogens with zero attached hydrogens (tertiary/aromatic N) is 1. The van der Waals surface area contributed by atoms with E-state index in [4.69, 9.17) is 0 Å². The van der Waals surface area contributed by atoms with E-state index < -0.39 is 0 Å². The second-order valence-corrected chi connectivity index (χ2v) is 4.81. The Morgan fingerprint density at radius 2 is 2.29 bits per heavy atom. The zero-order valence-electron chi connectivity index (χ0n) is 9.05.